The van der Waals surface area contributed by atoms with Crippen LogP contribution in [0.15, 0.2) is 42.5 Å². The SMILES string of the molecule is CCCCCCCCCCC(C#N)(CCCCN1CCC(C(=O)c2ccc(F)cc2)CC1)c1ccc(OC)c(OC)c1. The lowest BCUT2D eigenvalue weighted by Crippen LogP contribution is -2.37. The molecule has 0 bridgehead atoms. The minimum Gasteiger partial charge on any atom is -0.493 e. The van der Waals surface area contributed by atoms with Crippen molar-refractivity contribution < 1.29 is 18.7 Å². The molecule has 5 nitrogen and oxygen atoms in total. The smallest absolute Gasteiger partial charge is 0.166 e. The number of Topliss-reactive ketones (excluding diaryl/α,β-unsaturated/α-hetero) is 1. The Morgan fingerprint density at radius 2 is 1.48 bits per heavy atom. The number of ether oxygens (including phenoxy) is 2. The van der Waals surface area contributed by atoms with Gasteiger partial charge in [-0.3, -0.25) is 4.79 Å². The van der Waals surface area contributed by atoms with Gasteiger partial charge in [-0.05, 0) is 93.7 Å². The van der Waals surface area contributed by atoms with Gasteiger partial charge in [-0.25, -0.2) is 4.39 Å². The molecule has 6 heteroatoms. The Labute approximate surface area is 253 Å². The zero-order valence-electron chi connectivity index (χ0n) is 26.1. The summed E-state index contributed by atoms with van der Waals surface area (Å²) in [5.74, 6) is 1.18. The fraction of sp³-hybridized carbons (Fsp3) is 0.611. The third-order valence-corrected chi connectivity index (χ3v) is 9.02. The van der Waals surface area contributed by atoms with E-state index in [1.807, 2.05) is 18.2 Å². The molecule has 230 valence electrons. The highest BCUT2D eigenvalue weighted by Gasteiger charge is 2.33. The molecule has 3 rings (SSSR count). The van der Waals surface area contributed by atoms with Gasteiger partial charge in [-0.15, -0.1) is 0 Å². The van der Waals surface area contributed by atoms with Crippen LogP contribution in [0.5, 0.6) is 11.5 Å². The maximum Gasteiger partial charge on any atom is 0.166 e. The molecule has 1 fully saturated rings. The number of carbonyl (C=O) groups is 1. The minimum absolute atomic E-state index is 0.00893. The van der Waals surface area contributed by atoms with Gasteiger partial charge in [0.25, 0.3) is 0 Å². The fourth-order valence-corrected chi connectivity index (χ4v) is 6.32. The molecule has 1 aliphatic heterocycles. The zero-order valence-corrected chi connectivity index (χ0v) is 26.1. The molecule has 1 aliphatic rings. The third-order valence-electron chi connectivity index (χ3n) is 9.02. The van der Waals surface area contributed by atoms with E-state index < -0.39 is 5.41 Å². The fourth-order valence-electron chi connectivity index (χ4n) is 6.32. The second-order valence-electron chi connectivity index (χ2n) is 11.9. The van der Waals surface area contributed by atoms with E-state index in [2.05, 4.69) is 17.9 Å². The summed E-state index contributed by atoms with van der Waals surface area (Å²) in [5.41, 5.74) is 1.08. The van der Waals surface area contributed by atoms with E-state index in [1.54, 1.807) is 26.4 Å². The Kier molecular flexibility index (Phi) is 14.3. The number of piperidine rings is 1. The molecule has 0 N–H and O–H groups in total. The Balaban J connectivity index is 1.53. The van der Waals surface area contributed by atoms with Crippen molar-refractivity contribution in [2.75, 3.05) is 33.9 Å². The van der Waals surface area contributed by atoms with Crippen LogP contribution in [0, 0.1) is 23.1 Å². The van der Waals surface area contributed by atoms with Gasteiger partial charge >= 0.3 is 0 Å². The number of hydrogen-bond acceptors (Lipinski definition) is 5. The monoisotopic (exact) mass is 578 g/mol. The highest BCUT2D eigenvalue weighted by molar-refractivity contribution is 5.97. The van der Waals surface area contributed by atoms with Crippen molar-refractivity contribution in [3.63, 3.8) is 0 Å². The molecule has 0 aliphatic carbocycles. The highest BCUT2D eigenvalue weighted by Crippen LogP contribution is 2.39. The molecule has 42 heavy (non-hydrogen) atoms. The number of methoxy groups -OCH3 is 2. The minimum atomic E-state index is -0.545. The maximum absolute atomic E-state index is 13.2. The van der Waals surface area contributed by atoms with E-state index >= 15 is 0 Å². The number of hydrogen-bond donors (Lipinski definition) is 0. The molecule has 1 saturated heterocycles. The number of nitriles is 1. The lowest BCUT2D eigenvalue weighted by molar-refractivity contribution is 0.0838. The van der Waals surface area contributed by atoms with Gasteiger partial charge in [0.15, 0.2) is 17.3 Å². The molecule has 0 saturated carbocycles. The molecule has 0 aromatic heterocycles. The molecule has 0 amide bonds. The van der Waals surface area contributed by atoms with Crippen LogP contribution in [0.1, 0.15) is 113 Å². The number of halogens is 1. The number of carbonyl (C=O) groups excluding carboxylic acids is 1. The first-order valence-corrected chi connectivity index (χ1v) is 16.1. The van der Waals surface area contributed by atoms with Crippen molar-refractivity contribution in [3.05, 3.63) is 59.4 Å². The predicted molar refractivity (Wildman–Crippen MR) is 168 cm³/mol. The topological polar surface area (TPSA) is 62.6 Å². The second-order valence-corrected chi connectivity index (χ2v) is 11.9. The van der Waals surface area contributed by atoms with Gasteiger partial charge in [0.2, 0.25) is 0 Å². The first-order chi connectivity index (χ1) is 20.5. The van der Waals surface area contributed by atoms with E-state index in [-0.39, 0.29) is 17.5 Å². The molecule has 1 unspecified atom stereocenters. The molecule has 2 aromatic carbocycles. The Morgan fingerprint density at radius 1 is 0.881 bits per heavy atom. The second kappa shape index (κ2) is 17.9. The van der Waals surface area contributed by atoms with Gasteiger partial charge in [0, 0.05) is 11.5 Å². The molecule has 1 atom stereocenters. The van der Waals surface area contributed by atoms with Gasteiger partial charge < -0.3 is 14.4 Å². The van der Waals surface area contributed by atoms with Crippen LogP contribution in [0.25, 0.3) is 0 Å². The van der Waals surface area contributed by atoms with Crippen LogP contribution in [-0.4, -0.2) is 44.5 Å². The van der Waals surface area contributed by atoms with Crippen molar-refractivity contribution in [1.82, 2.24) is 4.90 Å². The predicted octanol–water partition coefficient (Wildman–Crippen LogP) is 8.90. The average molecular weight is 579 g/mol. The summed E-state index contributed by atoms with van der Waals surface area (Å²) >= 11 is 0. The molecule has 1 heterocycles. The van der Waals surface area contributed by atoms with Crippen LogP contribution in [0.4, 0.5) is 4.39 Å². The van der Waals surface area contributed by atoms with Crippen LogP contribution in [0.3, 0.4) is 0 Å². The Hall–Kier alpha value is -2.91. The maximum atomic E-state index is 13.2. The first kappa shape index (κ1) is 33.6. The summed E-state index contributed by atoms with van der Waals surface area (Å²) < 4.78 is 24.3. The lowest BCUT2D eigenvalue weighted by Gasteiger charge is -2.32. The number of rotatable bonds is 19. The number of ketones is 1. The van der Waals surface area contributed by atoms with Gasteiger partial charge in [0.1, 0.15) is 5.82 Å². The number of likely N-dealkylation sites (tertiary alicyclic amines) is 1. The summed E-state index contributed by atoms with van der Waals surface area (Å²) in [6.45, 7) is 5.02. The summed E-state index contributed by atoms with van der Waals surface area (Å²) in [6.07, 6.45) is 15.3. The molecular formula is C36H51FN2O3. The molecular weight excluding hydrogens is 527 g/mol. The standard InChI is InChI=1S/C36H51FN2O3/c1-4-5-6-7-8-9-10-11-22-36(28-38,31-16-19-33(41-2)34(27-31)42-3)23-12-13-24-39-25-20-30(21-26-39)35(40)29-14-17-32(37)18-15-29/h14-19,27,30H,4-13,20-26H2,1-3H3. The van der Waals surface area contributed by atoms with E-state index in [4.69, 9.17) is 9.47 Å². The van der Waals surface area contributed by atoms with Crippen molar-refractivity contribution in [3.8, 4) is 17.6 Å². The van der Waals surface area contributed by atoms with Gasteiger partial charge in [-0.1, -0.05) is 70.8 Å². The third kappa shape index (κ3) is 9.83. The van der Waals surface area contributed by atoms with E-state index in [1.165, 1.54) is 50.7 Å². The summed E-state index contributed by atoms with van der Waals surface area (Å²) in [7, 11) is 3.28. The number of benzene rings is 2. The van der Waals surface area contributed by atoms with Crippen LogP contribution < -0.4 is 9.47 Å². The lowest BCUT2D eigenvalue weighted by atomic mass is 9.73. The first-order valence-electron chi connectivity index (χ1n) is 16.1. The van der Waals surface area contributed by atoms with Crippen molar-refractivity contribution >= 4 is 5.78 Å². The van der Waals surface area contributed by atoms with Gasteiger partial charge in [-0.2, -0.15) is 5.26 Å². The van der Waals surface area contributed by atoms with Crippen LogP contribution >= 0.6 is 0 Å². The van der Waals surface area contributed by atoms with Crippen molar-refractivity contribution in [2.45, 2.75) is 102 Å². The molecule has 2 aromatic rings. The van der Waals surface area contributed by atoms with Crippen molar-refractivity contribution in [1.29, 1.82) is 5.26 Å². The molecule has 0 spiro atoms. The quantitative estimate of drug-likeness (QED) is 0.123. The average Bonchev–Trinajstić information content (AvgIpc) is 3.03. The molecule has 0 radical (unpaired) electrons. The Morgan fingerprint density at radius 3 is 2.07 bits per heavy atom. The summed E-state index contributed by atoms with van der Waals surface area (Å²) in [4.78, 5) is 15.3. The van der Waals surface area contributed by atoms with E-state index in [9.17, 15) is 14.4 Å². The number of nitrogens with zero attached hydrogens (tertiary/aromatic N) is 2. The highest BCUT2D eigenvalue weighted by atomic mass is 19.1. The van der Waals surface area contributed by atoms with Crippen LogP contribution in [0.2, 0.25) is 0 Å². The summed E-state index contributed by atoms with van der Waals surface area (Å²) in [5, 5.41) is 10.6. The summed E-state index contributed by atoms with van der Waals surface area (Å²) in [6, 6.07) is 14.6. The Bertz CT molecular complexity index is 1120. The van der Waals surface area contributed by atoms with E-state index in [0.717, 1.165) is 76.6 Å². The van der Waals surface area contributed by atoms with Crippen LogP contribution in [-0.2, 0) is 5.41 Å². The van der Waals surface area contributed by atoms with Gasteiger partial charge in [0.05, 0.1) is 25.7 Å². The van der Waals surface area contributed by atoms with Crippen molar-refractivity contribution in [2.24, 2.45) is 5.92 Å². The number of unbranched alkanes of at least 4 members (excludes halogenated alkanes) is 8. The zero-order chi connectivity index (χ0) is 30.2. The largest absolute Gasteiger partial charge is 0.493 e. The normalized spacial score (nSPS) is 15.6. The van der Waals surface area contributed by atoms with E-state index in [0.29, 0.717) is 17.1 Å².